The van der Waals surface area contributed by atoms with Crippen molar-refractivity contribution < 1.29 is 19.5 Å². The summed E-state index contributed by atoms with van der Waals surface area (Å²) in [5.74, 6) is -1.10. The largest absolute Gasteiger partial charge is 0.480 e. The molecule has 25 heavy (non-hydrogen) atoms. The molecule has 8 heteroatoms. The number of carbonyl (C=O) groups is 3. The number of hydrogen-bond donors (Lipinski definition) is 2. The number of nitrogens with two attached hydrogens (primary N) is 1. The van der Waals surface area contributed by atoms with Crippen LogP contribution in [0.15, 0.2) is 18.3 Å². The van der Waals surface area contributed by atoms with Gasteiger partial charge in [-0.05, 0) is 36.8 Å². The maximum Gasteiger partial charge on any atom is 0.326 e. The Bertz CT molecular complexity index is 688. The number of pyridine rings is 1. The summed E-state index contributed by atoms with van der Waals surface area (Å²) >= 11 is 0. The third-order valence-electron chi connectivity index (χ3n) is 5.37. The minimum Gasteiger partial charge on any atom is -0.480 e. The number of rotatable bonds is 3. The first-order valence-electron chi connectivity index (χ1n) is 8.33. The van der Waals surface area contributed by atoms with Gasteiger partial charge < -0.3 is 20.6 Å². The van der Waals surface area contributed by atoms with Gasteiger partial charge in [0.05, 0.1) is 5.56 Å². The number of aromatic nitrogens is 1. The minimum absolute atomic E-state index is 0.188. The van der Waals surface area contributed by atoms with Crippen LogP contribution in [0, 0.1) is 5.41 Å². The van der Waals surface area contributed by atoms with Gasteiger partial charge in [-0.15, -0.1) is 0 Å². The number of anilines is 1. The van der Waals surface area contributed by atoms with Gasteiger partial charge in [-0.1, -0.05) is 0 Å². The third kappa shape index (κ3) is 3.16. The summed E-state index contributed by atoms with van der Waals surface area (Å²) < 4.78 is 0. The SMILES string of the molecule is CC(=O)N1CC2(CCN(c3ncccc3C(N)=O)CC2)C[C@H]1C(=O)O. The molecule has 1 spiro atoms. The quantitative estimate of drug-likeness (QED) is 0.822. The molecule has 3 heterocycles. The molecule has 1 aromatic rings. The molecule has 2 aliphatic heterocycles. The normalized spacial score (nSPS) is 22.2. The number of nitrogens with zero attached hydrogens (tertiary/aromatic N) is 3. The zero-order chi connectivity index (χ0) is 18.2. The van der Waals surface area contributed by atoms with Gasteiger partial charge in [0.2, 0.25) is 5.91 Å². The Hall–Kier alpha value is -2.64. The second-order valence-corrected chi connectivity index (χ2v) is 6.93. The molecule has 0 unspecified atom stereocenters. The average Bonchev–Trinajstić information content (AvgIpc) is 2.95. The summed E-state index contributed by atoms with van der Waals surface area (Å²) in [7, 11) is 0. The van der Waals surface area contributed by atoms with E-state index in [2.05, 4.69) is 4.98 Å². The number of aliphatic carboxylic acids is 1. The van der Waals surface area contributed by atoms with Crippen LogP contribution in [0.5, 0.6) is 0 Å². The molecule has 0 aromatic carbocycles. The Morgan fingerprint density at radius 2 is 2.00 bits per heavy atom. The number of amides is 2. The second kappa shape index (κ2) is 6.34. The summed E-state index contributed by atoms with van der Waals surface area (Å²) in [5, 5.41) is 9.41. The van der Waals surface area contributed by atoms with Gasteiger partial charge in [0, 0.05) is 32.8 Å². The second-order valence-electron chi connectivity index (χ2n) is 6.93. The van der Waals surface area contributed by atoms with Gasteiger partial charge in [-0.3, -0.25) is 9.59 Å². The van der Waals surface area contributed by atoms with Crippen molar-refractivity contribution >= 4 is 23.6 Å². The van der Waals surface area contributed by atoms with E-state index in [-0.39, 0.29) is 11.3 Å². The zero-order valence-electron chi connectivity index (χ0n) is 14.1. The predicted molar refractivity (Wildman–Crippen MR) is 90.1 cm³/mol. The predicted octanol–water partition coefficient (Wildman–Crippen LogP) is 0.473. The first kappa shape index (κ1) is 17.2. The molecule has 1 aromatic heterocycles. The van der Waals surface area contributed by atoms with Crippen LogP contribution >= 0.6 is 0 Å². The highest BCUT2D eigenvalue weighted by molar-refractivity contribution is 5.97. The summed E-state index contributed by atoms with van der Waals surface area (Å²) in [6.45, 7) is 3.18. The van der Waals surface area contributed by atoms with Crippen LogP contribution < -0.4 is 10.6 Å². The highest BCUT2D eigenvalue weighted by atomic mass is 16.4. The van der Waals surface area contributed by atoms with Gasteiger partial charge in [-0.25, -0.2) is 9.78 Å². The first-order valence-corrected chi connectivity index (χ1v) is 8.33. The van der Waals surface area contributed by atoms with E-state index >= 15 is 0 Å². The van der Waals surface area contributed by atoms with Gasteiger partial charge in [0.25, 0.3) is 5.91 Å². The Balaban J connectivity index is 1.75. The number of carboxylic acids is 1. The maximum atomic E-state index is 11.8. The molecule has 0 radical (unpaired) electrons. The van der Waals surface area contributed by atoms with Gasteiger partial charge in [0.15, 0.2) is 0 Å². The van der Waals surface area contributed by atoms with Crippen molar-refractivity contribution in [1.29, 1.82) is 0 Å². The smallest absolute Gasteiger partial charge is 0.326 e. The Labute approximate surface area is 145 Å². The summed E-state index contributed by atoms with van der Waals surface area (Å²) in [4.78, 5) is 42.6. The van der Waals surface area contributed by atoms with Crippen LogP contribution in [-0.4, -0.2) is 58.5 Å². The molecule has 1 atom stereocenters. The highest BCUT2D eigenvalue weighted by Gasteiger charge is 2.49. The monoisotopic (exact) mass is 346 g/mol. The Kier molecular flexibility index (Phi) is 4.36. The molecule has 3 N–H and O–H groups in total. The molecule has 2 amide bonds. The van der Waals surface area contributed by atoms with Crippen LogP contribution in [0.25, 0.3) is 0 Å². The van der Waals surface area contributed by atoms with E-state index in [0.717, 1.165) is 12.8 Å². The number of likely N-dealkylation sites (tertiary alicyclic amines) is 1. The molecule has 3 rings (SSSR count). The minimum atomic E-state index is -0.949. The number of carbonyl (C=O) groups excluding carboxylic acids is 2. The lowest BCUT2D eigenvalue weighted by atomic mass is 9.76. The van der Waals surface area contributed by atoms with Crippen LogP contribution in [0.2, 0.25) is 0 Å². The van der Waals surface area contributed by atoms with Gasteiger partial charge >= 0.3 is 5.97 Å². The molecule has 0 aliphatic carbocycles. The molecular formula is C17H22N4O4. The maximum absolute atomic E-state index is 11.8. The van der Waals surface area contributed by atoms with Crippen molar-refractivity contribution in [2.45, 2.75) is 32.2 Å². The van der Waals surface area contributed by atoms with Crippen LogP contribution in [-0.2, 0) is 9.59 Å². The summed E-state index contributed by atoms with van der Waals surface area (Å²) in [6.07, 6.45) is 3.59. The molecule has 134 valence electrons. The van der Waals surface area contributed by atoms with Crippen LogP contribution in [0.3, 0.4) is 0 Å². The molecule has 2 aliphatic rings. The van der Waals surface area contributed by atoms with Crippen molar-refractivity contribution in [3.05, 3.63) is 23.9 Å². The molecule has 2 saturated heterocycles. The van der Waals surface area contributed by atoms with E-state index in [1.807, 2.05) is 4.90 Å². The standard InChI is InChI=1S/C17H22N4O4/c1-11(22)21-10-17(9-13(21)16(24)25)4-7-20(8-5-17)15-12(14(18)23)3-2-6-19-15/h2-3,6,13H,4-5,7-10H2,1H3,(H2,18,23)(H,24,25)/t13-/m0/s1. The average molecular weight is 346 g/mol. The van der Waals surface area contributed by atoms with Crippen LogP contribution in [0.4, 0.5) is 5.82 Å². The van der Waals surface area contributed by atoms with E-state index < -0.39 is 17.9 Å². The van der Waals surface area contributed by atoms with E-state index in [1.165, 1.54) is 11.8 Å². The zero-order valence-corrected chi connectivity index (χ0v) is 14.1. The molecular weight excluding hydrogens is 324 g/mol. The van der Waals surface area contributed by atoms with E-state index in [9.17, 15) is 19.5 Å². The molecule has 0 bridgehead atoms. The van der Waals surface area contributed by atoms with Crippen LogP contribution in [0.1, 0.15) is 36.5 Å². The molecule has 2 fully saturated rings. The number of carboxylic acid groups (broad SMARTS) is 1. The number of piperidine rings is 1. The van der Waals surface area contributed by atoms with Crippen molar-refractivity contribution in [2.75, 3.05) is 24.5 Å². The topological polar surface area (TPSA) is 117 Å². The van der Waals surface area contributed by atoms with Crippen molar-refractivity contribution in [2.24, 2.45) is 11.1 Å². The van der Waals surface area contributed by atoms with Crippen molar-refractivity contribution in [3.63, 3.8) is 0 Å². The fourth-order valence-electron chi connectivity index (χ4n) is 4.00. The van der Waals surface area contributed by atoms with Crippen molar-refractivity contribution in [1.82, 2.24) is 9.88 Å². The Morgan fingerprint density at radius 1 is 1.32 bits per heavy atom. The number of hydrogen-bond acceptors (Lipinski definition) is 5. The van der Waals surface area contributed by atoms with Gasteiger partial charge in [-0.2, -0.15) is 0 Å². The summed E-state index contributed by atoms with van der Waals surface area (Å²) in [5.41, 5.74) is 5.62. The lowest BCUT2D eigenvalue weighted by molar-refractivity contribution is -0.147. The molecule has 8 nitrogen and oxygen atoms in total. The van der Waals surface area contributed by atoms with E-state index in [4.69, 9.17) is 5.73 Å². The third-order valence-corrected chi connectivity index (χ3v) is 5.37. The molecule has 0 saturated carbocycles. The number of primary amides is 1. The lowest BCUT2D eigenvalue weighted by Crippen LogP contribution is -2.43. The van der Waals surface area contributed by atoms with Gasteiger partial charge in [0.1, 0.15) is 11.9 Å². The summed E-state index contributed by atoms with van der Waals surface area (Å²) in [6, 6.07) is 2.58. The lowest BCUT2D eigenvalue weighted by Gasteiger charge is -2.40. The Morgan fingerprint density at radius 3 is 2.52 bits per heavy atom. The fraction of sp³-hybridized carbons (Fsp3) is 0.529. The van der Waals surface area contributed by atoms with E-state index in [0.29, 0.717) is 37.4 Å². The highest BCUT2D eigenvalue weighted by Crippen LogP contribution is 2.44. The fourth-order valence-corrected chi connectivity index (χ4v) is 4.00. The van der Waals surface area contributed by atoms with E-state index in [1.54, 1.807) is 18.3 Å². The van der Waals surface area contributed by atoms with Crippen molar-refractivity contribution in [3.8, 4) is 0 Å². The first-order chi connectivity index (χ1) is 11.8.